The maximum Gasteiger partial charge on any atom is 0.161 e. The minimum atomic E-state index is 0.603. The molecule has 0 saturated carbocycles. The zero-order chi connectivity index (χ0) is 13.1. The van der Waals surface area contributed by atoms with E-state index < -0.39 is 0 Å². The molecule has 0 atom stereocenters. The van der Waals surface area contributed by atoms with Crippen molar-refractivity contribution in [1.82, 2.24) is 5.32 Å². The Bertz CT molecular complexity index is 562. The molecule has 1 aromatic heterocycles. The smallest absolute Gasteiger partial charge is 0.161 e. The summed E-state index contributed by atoms with van der Waals surface area (Å²) >= 11 is 0. The highest BCUT2D eigenvalue weighted by Gasteiger charge is 2.15. The van der Waals surface area contributed by atoms with E-state index >= 15 is 0 Å². The number of hydrogen-bond donors (Lipinski definition) is 1. The lowest BCUT2D eigenvalue weighted by Crippen LogP contribution is -2.15. The summed E-state index contributed by atoms with van der Waals surface area (Å²) in [6.07, 6.45) is 1.72. The molecule has 1 aliphatic heterocycles. The van der Waals surface area contributed by atoms with Crippen molar-refractivity contribution in [3.8, 4) is 22.6 Å². The van der Waals surface area contributed by atoms with E-state index in [1.54, 1.807) is 6.26 Å². The number of ether oxygens (including phenoxy) is 2. The third kappa shape index (κ3) is 2.44. The van der Waals surface area contributed by atoms with Gasteiger partial charge in [0.05, 0.1) is 12.8 Å². The maximum absolute atomic E-state index is 5.61. The molecule has 100 valence electrons. The van der Waals surface area contributed by atoms with Crippen LogP contribution in [-0.4, -0.2) is 19.8 Å². The van der Waals surface area contributed by atoms with Gasteiger partial charge in [0, 0.05) is 5.56 Å². The predicted molar refractivity (Wildman–Crippen MR) is 72.5 cm³/mol. The predicted octanol–water partition coefficient (Wildman–Crippen LogP) is 2.83. The zero-order valence-electron chi connectivity index (χ0n) is 10.9. The molecule has 0 unspecified atom stereocenters. The van der Waals surface area contributed by atoms with E-state index in [0.717, 1.165) is 41.5 Å². The van der Waals surface area contributed by atoms with Crippen LogP contribution in [0.25, 0.3) is 11.1 Å². The van der Waals surface area contributed by atoms with Crippen molar-refractivity contribution in [3.05, 3.63) is 36.3 Å². The molecule has 1 aromatic carbocycles. The van der Waals surface area contributed by atoms with Crippen LogP contribution < -0.4 is 14.8 Å². The molecule has 0 aliphatic carbocycles. The fourth-order valence-electron chi connectivity index (χ4n) is 2.18. The average Bonchev–Trinajstić information content (AvgIpc) is 2.93. The van der Waals surface area contributed by atoms with Crippen LogP contribution in [0.15, 0.2) is 34.9 Å². The van der Waals surface area contributed by atoms with E-state index in [4.69, 9.17) is 13.9 Å². The molecule has 2 heterocycles. The molecular weight excluding hydrogens is 242 g/mol. The monoisotopic (exact) mass is 259 g/mol. The lowest BCUT2D eigenvalue weighted by Gasteiger charge is -2.18. The number of fused-ring (bicyclic) bond motifs is 1. The van der Waals surface area contributed by atoms with Crippen LogP contribution in [0.3, 0.4) is 0 Å². The van der Waals surface area contributed by atoms with E-state index in [2.05, 4.69) is 12.2 Å². The fourth-order valence-corrected chi connectivity index (χ4v) is 2.18. The summed E-state index contributed by atoms with van der Waals surface area (Å²) in [4.78, 5) is 0. The average molecular weight is 259 g/mol. The van der Waals surface area contributed by atoms with Crippen LogP contribution >= 0.6 is 0 Å². The SMILES string of the molecule is CCNCc1occc1-c1ccc2c(c1)OCCO2. The Balaban J connectivity index is 1.91. The Hall–Kier alpha value is -1.94. The normalized spacial score (nSPS) is 13.5. The Labute approximate surface area is 112 Å². The molecule has 0 saturated heterocycles. The molecule has 2 aromatic rings. The molecule has 0 bridgehead atoms. The molecule has 0 amide bonds. The van der Waals surface area contributed by atoms with Gasteiger partial charge in [-0.3, -0.25) is 0 Å². The van der Waals surface area contributed by atoms with Crippen LogP contribution in [0.1, 0.15) is 12.7 Å². The summed E-state index contributed by atoms with van der Waals surface area (Å²) in [6, 6.07) is 7.98. The van der Waals surface area contributed by atoms with Gasteiger partial charge in [0.15, 0.2) is 11.5 Å². The van der Waals surface area contributed by atoms with Gasteiger partial charge in [0.25, 0.3) is 0 Å². The molecule has 0 fully saturated rings. The van der Waals surface area contributed by atoms with Gasteiger partial charge in [-0.25, -0.2) is 0 Å². The third-order valence-corrected chi connectivity index (χ3v) is 3.13. The van der Waals surface area contributed by atoms with Crippen molar-refractivity contribution in [1.29, 1.82) is 0 Å². The van der Waals surface area contributed by atoms with Gasteiger partial charge in [-0.2, -0.15) is 0 Å². The van der Waals surface area contributed by atoms with Crippen molar-refractivity contribution in [2.45, 2.75) is 13.5 Å². The standard InChI is InChI=1S/C15H17NO3/c1-2-16-10-15-12(5-6-17-15)11-3-4-13-14(9-11)19-8-7-18-13/h3-6,9,16H,2,7-8,10H2,1H3. The first-order chi connectivity index (χ1) is 9.38. The summed E-state index contributed by atoms with van der Waals surface area (Å²) in [7, 11) is 0. The van der Waals surface area contributed by atoms with Crippen LogP contribution in [0, 0.1) is 0 Å². The summed E-state index contributed by atoms with van der Waals surface area (Å²) in [5.41, 5.74) is 2.18. The highest BCUT2D eigenvalue weighted by molar-refractivity contribution is 5.69. The van der Waals surface area contributed by atoms with Crippen LogP contribution in [0.4, 0.5) is 0 Å². The fraction of sp³-hybridized carbons (Fsp3) is 0.333. The minimum absolute atomic E-state index is 0.603. The molecule has 19 heavy (non-hydrogen) atoms. The first-order valence-corrected chi connectivity index (χ1v) is 6.55. The highest BCUT2D eigenvalue weighted by Crippen LogP contribution is 2.35. The largest absolute Gasteiger partial charge is 0.486 e. The van der Waals surface area contributed by atoms with Gasteiger partial charge in [0.1, 0.15) is 19.0 Å². The number of nitrogens with one attached hydrogen (secondary N) is 1. The number of furan rings is 1. The molecule has 3 rings (SSSR count). The first kappa shape index (κ1) is 12.1. The van der Waals surface area contributed by atoms with Crippen molar-refractivity contribution >= 4 is 0 Å². The quantitative estimate of drug-likeness (QED) is 0.917. The van der Waals surface area contributed by atoms with Crippen LogP contribution in [0.5, 0.6) is 11.5 Å². The van der Waals surface area contributed by atoms with Gasteiger partial charge in [-0.1, -0.05) is 13.0 Å². The second kappa shape index (κ2) is 5.36. The van der Waals surface area contributed by atoms with Crippen molar-refractivity contribution in [3.63, 3.8) is 0 Å². The van der Waals surface area contributed by atoms with Crippen LogP contribution in [0.2, 0.25) is 0 Å². The molecule has 1 aliphatic rings. The zero-order valence-corrected chi connectivity index (χ0v) is 10.9. The van der Waals surface area contributed by atoms with Crippen molar-refractivity contribution in [2.75, 3.05) is 19.8 Å². The Morgan fingerprint density at radius 3 is 2.79 bits per heavy atom. The van der Waals surface area contributed by atoms with Crippen LogP contribution in [-0.2, 0) is 6.54 Å². The van der Waals surface area contributed by atoms with E-state index in [1.807, 2.05) is 24.3 Å². The number of benzene rings is 1. The van der Waals surface area contributed by atoms with E-state index in [-0.39, 0.29) is 0 Å². The van der Waals surface area contributed by atoms with Crippen molar-refractivity contribution in [2.24, 2.45) is 0 Å². The van der Waals surface area contributed by atoms with E-state index in [0.29, 0.717) is 13.2 Å². The number of rotatable bonds is 4. The van der Waals surface area contributed by atoms with Gasteiger partial charge < -0.3 is 19.2 Å². The molecule has 4 nitrogen and oxygen atoms in total. The molecule has 0 spiro atoms. The van der Waals surface area contributed by atoms with Gasteiger partial charge in [-0.05, 0) is 30.3 Å². The van der Waals surface area contributed by atoms with Gasteiger partial charge >= 0.3 is 0 Å². The number of hydrogen-bond acceptors (Lipinski definition) is 4. The second-order valence-electron chi connectivity index (χ2n) is 4.40. The minimum Gasteiger partial charge on any atom is -0.486 e. The molecule has 1 N–H and O–H groups in total. The Morgan fingerprint density at radius 2 is 1.95 bits per heavy atom. The maximum atomic E-state index is 5.61. The van der Waals surface area contributed by atoms with Crippen molar-refractivity contribution < 1.29 is 13.9 Å². The topological polar surface area (TPSA) is 43.6 Å². The molecular formula is C15H17NO3. The second-order valence-corrected chi connectivity index (χ2v) is 4.40. The summed E-state index contributed by atoms with van der Waals surface area (Å²) in [5, 5.41) is 3.27. The van der Waals surface area contributed by atoms with E-state index in [1.165, 1.54) is 0 Å². The van der Waals surface area contributed by atoms with Gasteiger partial charge in [-0.15, -0.1) is 0 Å². The Morgan fingerprint density at radius 1 is 1.11 bits per heavy atom. The summed E-state index contributed by atoms with van der Waals surface area (Å²) in [6.45, 7) is 4.94. The first-order valence-electron chi connectivity index (χ1n) is 6.55. The highest BCUT2D eigenvalue weighted by atomic mass is 16.6. The lowest BCUT2D eigenvalue weighted by molar-refractivity contribution is 0.171. The Kier molecular flexibility index (Phi) is 3.42. The summed E-state index contributed by atoms with van der Waals surface area (Å²) in [5.74, 6) is 2.56. The van der Waals surface area contributed by atoms with E-state index in [9.17, 15) is 0 Å². The third-order valence-electron chi connectivity index (χ3n) is 3.13. The van der Waals surface area contributed by atoms with Gasteiger partial charge in [0.2, 0.25) is 0 Å². The lowest BCUT2D eigenvalue weighted by atomic mass is 10.1. The molecule has 0 radical (unpaired) electrons. The molecule has 4 heteroatoms. The summed E-state index contributed by atoms with van der Waals surface area (Å²) < 4.78 is 16.7.